The third-order valence-corrected chi connectivity index (χ3v) is 3.06. The number of hydrogen-bond acceptors (Lipinski definition) is 5. The van der Waals surface area contributed by atoms with E-state index >= 15 is 0 Å². The molecule has 0 atom stereocenters. The van der Waals surface area contributed by atoms with Crippen LogP contribution in [0.15, 0.2) is 48.5 Å². The van der Waals surface area contributed by atoms with Crippen molar-refractivity contribution in [3.63, 3.8) is 0 Å². The normalized spacial score (nSPS) is 10.0. The molecule has 7 heteroatoms. The second-order valence-corrected chi connectivity index (χ2v) is 4.30. The number of benzene rings is 2. The van der Waals surface area contributed by atoms with E-state index in [1.54, 1.807) is 31.3 Å². The quantitative estimate of drug-likeness (QED) is 0.509. The zero-order valence-corrected chi connectivity index (χ0v) is 11.3. The number of nitrogens with two attached hydrogens (primary N) is 1. The fourth-order valence-electron chi connectivity index (χ4n) is 1.97. The number of carbonyl (C=O) groups is 1. The number of nitro groups is 1. The molecule has 0 unspecified atom stereocenters. The van der Waals surface area contributed by atoms with Gasteiger partial charge >= 0.3 is 0 Å². The van der Waals surface area contributed by atoms with Gasteiger partial charge in [-0.15, -0.1) is 0 Å². The van der Waals surface area contributed by atoms with Crippen molar-refractivity contribution in [2.24, 2.45) is 5.84 Å². The number of nitro benzene ring substituents is 1. The van der Waals surface area contributed by atoms with Crippen molar-refractivity contribution in [1.82, 2.24) is 0 Å². The molecule has 0 radical (unpaired) electrons. The molecule has 0 saturated heterocycles. The van der Waals surface area contributed by atoms with Crippen molar-refractivity contribution in [1.29, 1.82) is 0 Å². The average Bonchev–Trinajstić information content (AvgIpc) is 2.53. The molecule has 0 fully saturated rings. The molecule has 2 rings (SSSR count). The maximum Gasteiger partial charge on any atom is 0.294 e. The highest BCUT2D eigenvalue weighted by atomic mass is 16.6. The minimum Gasteiger partial charge on any atom is -0.318 e. The van der Waals surface area contributed by atoms with Gasteiger partial charge in [0.2, 0.25) is 0 Å². The first kappa shape index (κ1) is 14.5. The third-order valence-electron chi connectivity index (χ3n) is 3.06. The monoisotopic (exact) mass is 286 g/mol. The maximum atomic E-state index is 12.5. The highest BCUT2D eigenvalue weighted by molar-refractivity contribution is 6.10. The molecule has 0 aliphatic carbocycles. The number of nitrogens with one attached hydrogen (secondary N) is 1. The highest BCUT2D eigenvalue weighted by Gasteiger charge is 2.23. The summed E-state index contributed by atoms with van der Waals surface area (Å²) in [5.74, 6) is 4.95. The summed E-state index contributed by atoms with van der Waals surface area (Å²) < 4.78 is 0. The van der Waals surface area contributed by atoms with Crippen LogP contribution in [0.1, 0.15) is 10.4 Å². The number of amides is 1. The Hall–Kier alpha value is -2.93. The fourth-order valence-corrected chi connectivity index (χ4v) is 1.97. The van der Waals surface area contributed by atoms with E-state index in [1.807, 2.05) is 6.07 Å². The minimum atomic E-state index is -0.589. The van der Waals surface area contributed by atoms with Gasteiger partial charge in [-0.2, -0.15) is 0 Å². The Bertz CT molecular complexity index is 673. The summed E-state index contributed by atoms with van der Waals surface area (Å²) in [5.41, 5.74) is 2.81. The predicted octanol–water partition coefficient (Wildman–Crippen LogP) is 2.16. The van der Waals surface area contributed by atoms with Gasteiger partial charge in [-0.1, -0.05) is 24.3 Å². The number of nitrogen functional groups attached to an aromatic ring is 1. The average molecular weight is 286 g/mol. The van der Waals surface area contributed by atoms with E-state index in [0.717, 1.165) is 0 Å². The third kappa shape index (κ3) is 2.82. The summed E-state index contributed by atoms with van der Waals surface area (Å²) in [6.07, 6.45) is 0. The van der Waals surface area contributed by atoms with Gasteiger partial charge in [0.15, 0.2) is 0 Å². The molecule has 1 amide bonds. The smallest absolute Gasteiger partial charge is 0.294 e. The maximum absolute atomic E-state index is 12.5. The predicted molar refractivity (Wildman–Crippen MR) is 80.1 cm³/mol. The first-order chi connectivity index (χ1) is 10.1. The number of carbonyl (C=O) groups excluding carboxylic acids is 1. The van der Waals surface area contributed by atoms with Crippen LogP contribution in [0, 0.1) is 10.1 Å². The van der Waals surface area contributed by atoms with Crippen LogP contribution < -0.4 is 16.2 Å². The summed E-state index contributed by atoms with van der Waals surface area (Å²) in [6, 6.07) is 13.2. The van der Waals surface area contributed by atoms with E-state index in [0.29, 0.717) is 5.69 Å². The van der Waals surface area contributed by atoms with Gasteiger partial charge in [0, 0.05) is 18.8 Å². The molecule has 0 heterocycles. The Morgan fingerprint density at radius 2 is 1.86 bits per heavy atom. The van der Waals surface area contributed by atoms with Crippen molar-refractivity contribution in [2.75, 3.05) is 17.4 Å². The molecule has 0 bridgehead atoms. The molecule has 3 N–H and O–H groups in total. The zero-order chi connectivity index (χ0) is 15.4. The SMILES string of the molecule is CN(C(=O)c1cccc([N+](=O)[O-])c1NN)c1ccccc1. The Labute approximate surface area is 121 Å². The molecular formula is C14H14N4O3. The van der Waals surface area contributed by atoms with Gasteiger partial charge in [0.05, 0.1) is 10.5 Å². The Morgan fingerprint density at radius 1 is 1.19 bits per heavy atom. The number of hydrazine groups is 1. The van der Waals surface area contributed by atoms with Crippen LogP contribution in [-0.4, -0.2) is 17.9 Å². The van der Waals surface area contributed by atoms with Gasteiger partial charge < -0.3 is 10.3 Å². The van der Waals surface area contributed by atoms with Crippen molar-refractivity contribution >= 4 is 23.0 Å². The van der Waals surface area contributed by atoms with Crippen LogP contribution in [0.4, 0.5) is 17.1 Å². The van der Waals surface area contributed by atoms with Crippen molar-refractivity contribution in [3.8, 4) is 0 Å². The highest BCUT2D eigenvalue weighted by Crippen LogP contribution is 2.29. The number of anilines is 2. The molecule has 0 aliphatic heterocycles. The number of hydrogen-bond donors (Lipinski definition) is 2. The molecule has 2 aromatic carbocycles. The van der Waals surface area contributed by atoms with Crippen LogP contribution in [0.3, 0.4) is 0 Å². The molecule has 108 valence electrons. The van der Waals surface area contributed by atoms with Crippen LogP contribution >= 0.6 is 0 Å². The second-order valence-electron chi connectivity index (χ2n) is 4.30. The molecule has 21 heavy (non-hydrogen) atoms. The van der Waals surface area contributed by atoms with Crippen LogP contribution in [-0.2, 0) is 0 Å². The first-order valence-electron chi connectivity index (χ1n) is 6.13. The van der Waals surface area contributed by atoms with E-state index in [-0.39, 0.29) is 16.9 Å². The Kier molecular flexibility index (Phi) is 4.15. The zero-order valence-electron chi connectivity index (χ0n) is 11.3. The topological polar surface area (TPSA) is 102 Å². The molecule has 0 aromatic heterocycles. The lowest BCUT2D eigenvalue weighted by molar-refractivity contribution is -0.384. The summed E-state index contributed by atoms with van der Waals surface area (Å²) in [5, 5.41) is 11.0. The lowest BCUT2D eigenvalue weighted by Crippen LogP contribution is -2.28. The first-order valence-corrected chi connectivity index (χ1v) is 6.13. The molecule has 2 aromatic rings. The van der Waals surface area contributed by atoms with Gasteiger partial charge in [-0.25, -0.2) is 0 Å². The Morgan fingerprint density at radius 3 is 2.43 bits per heavy atom. The fraction of sp³-hybridized carbons (Fsp3) is 0.0714. The molecule has 0 saturated carbocycles. The molecule has 7 nitrogen and oxygen atoms in total. The summed E-state index contributed by atoms with van der Waals surface area (Å²) >= 11 is 0. The van der Waals surface area contributed by atoms with E-state index < -0.39 is 10.8 Å². The van der Waals surface area contributed by atoms with Gasteiger partial charge in [0.1, 0.15) is 5.69 Å². The summed E-state index contributed by atoms with van der Waals surface area (Å²) in [6.45, 7) is 0. The standard InChI is InChI=1S/C14H14N4O3/c1-17(10-6-3-2-4-7-10)14(19)11-8-5-9-12(18(20)21)13(11)16-15/h2-9,16H,15H2,1H3. The van der Waals surface area contributed by atoms with Crippen LogP contribution in [0.2, 0.25) is 0 Å². The van der Waals surface area contributed by atoms with Crippen molar-refractivity contribution in [2.45, 2.75) is 0 Å². The van der Waals surface area contributed by atoms with Gasteiger partial charge in [-0.3, -0.25) is 20.8 Å². The van der Waals surface area contributed by atoms with Crippen LogP contribution in [0.5, 0.6) is 0 Å². The van der Waals surface area contributed by atoms with E-state index in [2.05, 4.69) is 5.43 Å². The lowest BCUT2D eigenvalue weighted by atomic mass is 10.1. The number of para-hydroxylation sites is 2. The van der Waals surface area contributed by atoms with E-state index in [9.17, 15) is 14.9 Å². The molecule has 0 aliphatic rings. The lowest BCUT2D eigenvalue weighted by Gasteiger charge is -2.18. The minimum absolute atomic E-state index is 0.00437. The van der Waals surface area contributed by atoms with Gasteiger partial charge in [-0.05, 0) is 18.2 Å². The van der Waals surface area contributed by atoms with Crippen LogP contribution in [0.25, 0.3) is 0 Å². The molecule has 0 spiro atoms. The number of rotatable bonds is 4. The van der Waals surface area contributed by atoms with E-state index in [1.165, 1.54) is 23.1 Å². The van der Waals surface area contributed by atoms with Gasteiger partial charge in [0.25, 0.3) is 11.6 Å². The van der Waals surface area contributed by atoms with Crippen molar-refractivity contribution in [3.05, 3.63) is 64.2 Å². The summed E-state index contributed by atoms with van der Waals surface area (Å²) in [4.78, 5) is 24.3. The molecular weight excluding hydrogens is 272 g/mol. The number of nitrogens with zero attached hydrogens (tertiary/aromatic N) is 2. The largest absolute Gasteiger partial charge is 0.318 e. The van der Waals surface area contributed by atoms with E-state index in [4.69, 9.17) is 5.84 Å². The Balaban J connectivity index is 2.44. The van der Waals surface area contributed by atoms with Crippen molar-refractivity contribution < 1.29 is 9.72 Å². The second kappa shape index (κ2) is 6.02. The summed E-state index contributed by atoms with van der Waals surface area (Å²) in [7, 11) is 1.59.